The molecule has 3 heterocycles. The number of ether oxygens (including phenoxy) is 1. The summed E-state index contributed by atoms with van der Waals surface area (Å²) in [7, 11) is 0. The first-order valence-electron chi connectivity index (χ1n) is 8.70. The van der Waals surface area contributed by atoms with Gasteiger partial charge < -0.3 is 15.0 Å². The second-order valence-electron chi connectivity index (χ2n) is 7.68. The van der Waals surface area contributed by atoms with Crippen molar-refractivity contribution in [1.29, 1.82) is 0 Å². The van der Waals surface area contributed by atoms with Crippen molar-refractivity contribution in [2.45, 2.75) is 51.3 Å². The van der Waals surface area contributed by atoms with Crippen LogP contribution < -0.4 is 10.2 Å². The molecule has 120 valence electrons. The zero-order valence-corrected chi connectivity index (χ0v) is 13.7. The highest BCUT2D eigenvalue weighted by molar-refractivity contribution is 5.38. The van der Waals surface area contributed by atoms with E-state index in [0.29, 0.717) is 18.2 Å². The number of pyridine rings is 1. The van der Waals surface area contributed by atoms with Gasteiger partial charge in [0, 0.05) is 49.3 Å². The molecular weight excluding hydrogens is 274 g/mol. The molecule has 1 aromatic rings. The van der Waals surface area contributed by atoms with Crippen LogP contribution in [0.25, 0.3) is 0 Å². The molecule has 0 bridgehead atoms. The summed E-state index contributed by atoms with van der Waals surface area (Å²) in [6, 6.07) is 7.36. The normalized spacial score (nSPS) is 36.7. The minimum Gasteiger partial charge on any atom is -0.377 e. The SMILES string of the molecule is CC1(C)[C@H](N[C@@H]2CCCN(c3ccccn3)C2)[C@@H]2CCO[C@H]21. The Bertz CT molecular complexity index is 518. The van der Waals surface area contributed by atoms with E-state index in [9.17, 15) is 0 Å². The maximum atomic E-state index is 5.92. The molecule has 4 atom stereocenters. The molecule has 22 heavy (non-hydrogen) atoms. The van der Waals surface area contributed by atoms with Crippen molar-refractivity contribution in [3.63, 3.8) is 0 Å². The van der Waals surface area contributed by atoms with Gasteiger partial charge in [-0.15, -0.1) is 0 Å². The summed E-state index contributed by atoms with van der Waals surface area (Å²) in [6.45, 7) is 7.86. The number of rotatable bonds is 3. The molecule has 0 aromatic carbocycles. The van der Waals surface area contributed by atoms with E-state index in [1.807, 2.05) is 12.3 Å². The summed E-state index contributed by atoms with van der Waals surface area (Å²) in [5.74, 6) is 1.84. The van der Waals surface area contributed by atoms with E-state index in [1.54, 1.807) is 0 Å². The summed E-state index contributed by atoms with van der Waals surface area (Å²) < 4.78 is 5.92. The molecule has 2 aliphatic heterocycles. The summed E-state index contributed by atoms with van der Waals surface area (Å²) in [4.78, 5) is 6.94. The topological polar surface area (TPSA) is 37.4 Å². The number of nitrogens with zero attached hydrogens (tertiary/aromatic N) is 2. The van der Waals surface area contributed by atoms with Gasteiger partial charge in [-0.2, -0.15) is 0 Å². The van der Waals surface area contributed by atoms with Crippen molar-refractivity contribution in [3.05, 3.63) is 24.4 Å². The molecule has 3 fully saturated rings. The lowest BCUT2D eigenvalue weighted by molar-refractivity contribution is -0.115. The van der Waals surface area contributed by atoms with Gasteiger partial charge in [-0.05, 0) is 31.4 Å². The Hall–Kier alpha value is -1.13. The van der Waals surface area contributed by atoms with Crippen LogP contribution in [0.3, 0.4) is 0 Å². The van der Waals surface area contributed by atoms with Gasteiger partial charge in [0.15, 0.2) is 0 Å². The van der Waals surface area contributed by atoms with E-state index in [4.69, 9.17) is 4.74 Å². The molecule has 4 rings (SSSR count). The Labute approximate surface area is 133 Å². The number of aromatic nitrogens is 1. The van der Waals surface area contributed by atoms with Crippen molar-refractivity contribution >= 4 is 5.82 Å². The molecule has 4 nitrogen and oxygen atoms in total. The zero-order valence-electron chi connectivity index (χ0n) is 13.7. The van der Waals surface area contributed by atoms with Gasteiger partial charge in [0.25, 0.3) is 0 Å². The smallest absolute Gasteiger partial charge is 0.128 e. The van der Waals surface area contributed by atoms with Crippen LogP contribution in [-0.4, -0.2) is 42.9 Å². The second kappa shape index (κ2) is 5.50. The molecule has 0 spiro atoms. The van der Waals surface area contributed by atoms with Crippen LogP contribution in [0.15, 0.2) is 24.4 Å². The van der Waals surface area contributed by atoms with Gasteiger partial charge in [0.2, 0.25) is 0 Å². The monoisotopic (exact) mass is 301 g/mol. The Morgan fingerprint density at radius 3 is 3.05 bits per heavy atom. The zero-order chi connectivity index (χ0) is 15.2. The van der Waals surface area contributed by atoms with Crippen molar-refractivity contribution in [2.75, 3.05) is 24.6 Å². The number of fused-ring (bicyclic) bond motifs is 1. The Kier molecular flexibility index (Phi) is 3.61. The number of anilines is 1. The molecule has 1 aliphatic carbocycles. The van der Waals surface area contributed by atoms with Crippen LogP contribution in [0.2, 0.25) is 0 Å². The highest BCUT2D eigenvalue weighted by atomic mass is 16.5. The third-order valence-electron chi connectivity index (χ3n) is 5.91. The predicted molar refractivity (Wildman–Crippen MR) is 88.0 cm³/mol. The molecule has 1 saturated carbocycles. The van der Waals surface area contributed by atoms with Gasteiger partial charge in [-0.1, -0.05) is 19.9 Å². The van der Waals surface area contributed by atoms with Gasteiger partial charge in [-0.25, -0.2) is 4.98 Å². The number of hydrogen-bond acceptors (Lipinski definition) is 4. The maximum absolute atomic E-state index is 5.92. The minimum absolute atomic E-state index is 0.272. The first-order valence-corrected chi connectivity index (χ1v) is 8.70. The second-order valence-corrected chi connectivity index (χ2v) is 7.68. The molecule has 4 heteroatoms. The first kappa shape index (κ1) is 14.5. The first-order chi connectivity index (χ1) is 10.7. The standard InChI is InChI=1S/C18H27N3O/c1-18(2)16(14-8-11-22-17(14)18)20-13-6-5-10-21(12-13)15-7-3-4-9-19-15/h3-4,7,9,13-14,16-17,20H,5-6,8,10-12H2,1-2H3/t13-,14+,16-,17-/m1/s1. The van der Waals surface area contributed by atoms with E-state index in [0.717, 1.165) is 31.4 Å². The number of nitrogens with one attached hydrogen (secondary N) is 1. The molecule has 2 saturated heterocycles. The van der Waals surface area contributed by atoms with E-state index in [-0.39, 0.29) is 5.41 Å². The van der Waals surface area contributed by atoms with Crippen molar-refractivity contribution < 1.29 is 4.74 Å². The van der Waals surface area contributed by atoms with Crippen LogP contribution in [0.1, 0.15) is 33.1 Å². The largest absolute Gasteiger partial charge is 0.377 e. The van der Waals surface area contributed by atoms with Gasteiger partial charge in [0.05, 0.1) is 6.10 Å². The van der Waals surface area contributed by atoms with E-state index in [2.05, 4.69) is 41.2 Å². The van der Waals surface area contributed by atoms with E-state index < -0.39 is 0 Å². The Balaban J connectivity index is 1.41. The predicted octanol–water partition coefficient (Wildman–Crippen LogP) is 2.45. The lowest BCUT2D eigenvalue weighted by Crippen LogP contribution is -2.68. The lowest BCUT2D eigenvalue weighted by Gasteiger charge is -2.56. The Morgan fingerprint density at radius 2 is 2.23 bits per heavy atom. The van der Waals surface area contributed by atoms with Crippen molar-refractivity contribution in [3.8, 4) is 0 Å². The number of hydrogen-bond donors (Lipinski definition) is 1. The number of piperidine rings is 1. The molecular formula is C18H27N3O. The fourth-order valence-electron chi connectivity index (χ4n) is 4.78. The maximum Gasteiger partial charge on any atom is 0.128 e. The summed E-state index contributed by atoms with van der Waals surface area (Å²) in [5, 5.41) is 3.97. The van der Waals surface area contributed by atoms with Crippen LogP contribution in [-0.2, 0) is 4.74 Å². The van der Waals surface area contributed by atoms with E-state index >= 15 is 0 Å². The van der Waals surface area contributed by atoms with Gasteiger partial charge in [-0.3, -0.25) is 0 Å². The van der Waals surface area contributed by atoms with Crippen LogP contribution in [0.4, 0.5) is 5.82 Å². The van der Waals surface area contributed by atoms with Gasteiger partial charge in [0.1, 0.15) is 5.82 Å². The fraction of sp³-hybridized carbons (Fsp3) is 0.722. The summed E-state index contributed by atoms with van der Waals surface area (Å²) in [5.41, 5.74) is 0.272. The van der Waals surface area contributed by atoms with Crippen molar-refractivity contribution in [1.82, 2.24) is 10.3 Å². The van der Waals surface area contributed by atoms with Crippen LogP contribution in [0, 0.1) is 11.3 Å². The minimum atomic E-state index is 0.272. The Morgan fingerprint density at radius 1 is 1.32 bits per heavy atom. The van der Waals surface area contributed by atoms with Gasteiger partial charge >= 0.3 is 0 Å². The fourth-order valence-corrected chi connectivity index (χ4v) is 4.78. The third kappa shape index (κ3) is 2.33. The molecule has 0 radical (unpaired) electrons. The molecule has 0 unspecified atom stereocenters. The van der Waals surface area contributed by atoms with Crippen LogP contribution in [0.5, 0.6) is 0 Å². The van der Waals surface area contributed by atoms with Crippen LogP contribution >= 0.6 is 0 Å². The van der Waals surface area contributed by atoms with E-state index in [1.165, 1.54) is 19.3 Å². The summed E-state index contributed by atoms with van der Waals surface area (Å²) in [6.07, 6.45) is 6.10. The third-order valence-corrected chi connectivity index (χ3v) is 5.91. The molecule has 1 N–H and O–H groups in total. The highest BCUT2D eigenvalue weighted by Crippen LogP contribution is 2.52. The molecule has 3 aliphatic rings. The quantitative estimate of drug-likeness (QED) is 0.930. The average molecular weight is 301 g/mol. The highest BCUT2D eigenvalue weighted by Gasteiger charge is 2.59. The lowest BCUT2D eigenvalue weighted by atomic mass is 9.57. The molecule has 0 amide bonds. The summed E-state index contributed by atoms with van der Waals surface area (Å²) >= 11 is 0. The molecule has 1 aromatic heterocycles. The average Bonchev–Trinajstić information content (AvgIpc) is 3.01. The van der Waals surface area contributed by atoms with Crippen molar-refractivity contribution in [2.24, 2.45) is 11.3 Å².